The summed E-state index contributed by atoms with van der Waals surface area (Å²) in [5.41, 5.74) is 0.504. The lowest BCUT2D eigenvalue weighted by Gasteiger charge is -2.27. The number of carbonyl (C=O) groups excluding carboxylic acids is 1. The number of nitrogens with zero attached hydrogens (tertiary/aromatic N) is 3. The first-order valence-corrected chi connectivity index (χ1v) is 9.03. The van der Waals surface area contributed by atoms with Crippen molar-refractivity contribution in [3.63, 3.8) is 0 Å². The number of hydrogen-bond acceptors (Lipinski definition) is 6. The molecule has 1 saturated heterocycles. The molecule has 1 saturated carbocycles. The van der Waals surface area contributed by atoms with Crippen molar-refractivity contribution >= 4 is 6.29 Å². The Morgan fingerprint density at radius 3 is 2.35 bits per heavy atom. The summed E-state index contributed by atoms with van der Waals surface area (Å²) in [6, 6.07) is 9.61. The van der Waals surface area contributed by atoms with Crippen molar-refractivity contribution < 1.29 is 15.0 Å². The zero-order valence-corrected chi connectivity index (χ0v) is 14.5. The highest BCUT2D eigenvalue weighted by molar-refractivity contribution is 5.59. The molecule has 4 atom stereocenters. The summed E-state index contributed by atoms with van der Waals surface area (Å²) in [6.45, 7) is 1.52. The molecule has 26 heavy (non-hydrogen) atoms. The van der Waals surface area contributed by atoms with Crippen LogP contribution in [0.4, 0.5) is 0 Å². The molecule has 0 amide bonds. The average Bonchev–Trinajstić information content (AvgIpc) is 3.12. The Morgan fingerprint density at radius 2 is 1.77 bits per heavy atom. The minimum Gasteiger partial charge on any atom is -0.505 e. The van der Waals surface area contributed by atoms with Crippen LogP contribution in [0.25, 0.3) is 0 Å². The van der Waals surface area contributed by atoms with Crippen molar-refractivity contribution in [2.24, 2.45) is 11.8 Å². The number of carbonyl (C=O) groups is 1. The van der Waals surface area contributed by atoms with Gasteiger partial charge in [0.1, 0.15) is 12.3 Å². The first-order valence-electron chi connectivity index (χ1n) is 9.03. The molecule has 136 valence electrons. The molecule has 1 aliphatic carbocycles. The summed E-state index contributed by atoms with van der Waals surface area (Å²) in [5.74, 6) is 1.16. The van der Waals surface area contributed by atoms with Gasteiger partial charge in [-0.2, -0.15) is 0 Å². The monoisotopic (exact) mass is 353 g/mol. The van der Waals surface area contributed by atoms with Gasteiger partial charge in [-0.3, -0.25) is 4.90 Å². The fourth-order valence-electron chi connectivity index (χ4n) is 4.64. The van der Waals surface area contributed by atoms with Crippen LogP contribution in [-0.4, -0.2) is 50.1 Å². The molecule has 1 aliphatic heterocycles. The van der Waals surface area contributed by atoms with Crippen LogP contribution < -0.4 is 0 Å². The van der Waals surface area contributed by atoms with Crippen molar-refractivity contribution in [2.45, 2.75) is 30.9 Å². The van der Waals surface area contributed by atoms with E-state index in [-0.39, 0.29) is 5.75 Å². The third-order valence-electron chi connectivity index (χ3n) is 5.71. The van der Waals surface area contributed by atoms with E-state index in [2.05, 4.69) is 27.0 Å². The fraction of sp³-hybridized carbons (Fsp3) is 0.450. The van der Waals surface area contributed by atoms with E-state index in [9.17, 15) is 15.0 Å². The smallest absolute Gasteiger partial charge is 0.152 e. The quantitative estimate of drug-likeness (QED) is 0.796. The van der Waals surface area contributed by atoms with E-state index in [1.165, 1.54) is 12.4 Å². The van der Waals surface area contributed by atoms with Gasteiger partial charge >= 0.3 is 0 Å². The van der Waals surface area contributed by atoms with E-state index < -0.39 is 11.6 Å². The maximum Gasteiger partial charge on any atom is 0.152 e. The van der Waals surface area contributed by atoms with E-state index in [0.29, 0.717) is 24.1 Å². The van der Waals surface area contributed by atoms with Gasteiger partial charge in [-0.25, -0.2) is 9.97 Å². The molecule has 4 rings (SSSR count). The number of aromatic hydroxyl groups is 1. The van der Waals surface area contributed by atoms with Crippen LogP contribution in [0.5, 0.6) is 5.75 Å². The van der Waals surface area contributed by atoms with Gasteiger partial charge in [-0.05, 0) is 30.2 Å². The molecule has 6 nitrogen and oxygen atoms in total. The van der Waals surface area contributed by atoms with E-state index in [1.807, 2.05) is 18.2 Å². The van der Waals surface area contributed by atoms with Crippen LogP contribution in [0.3, 0.4) is 0 Å². The summed E-state index contributed by atoms with van der Waals surface area (Å²) >= 11 is 0. The number of aliphatic hydroxyl groups is 1. The summed E-state index contributed by atoms with van der Waals surface area (Å²) in [7, 11) is 0. The number of aromatic nitrogens is 2. The van der Waals surface area contributed by atoms with Gasteiger partial charge in [-0.1, -0.05) is 30.3 Å². The van der Waals surface area contributed by atoms with E-state index in [4.69, 9.17) is 0 Å². The molecular formula is C20H23N3O3. The van der Waals surface area contributed by atoms with E-state index in [0.717, 1.165) is 37.8 Å². The second kappa shape index (κ2) is 6.78. The largest absolute Gasteiger partial charge is 0.505 e. The van der Waals surface area contributed by atoms with Crippen molar-refractivity contribution in [2.75, 3.05) is 13.1 Å². The Hall–Kier alpha value is -2.31. The summed E-state index contributed by atoms with van der Waals surface area (Å²) in [6.07, 6.45) is 5.68. The Bertz CT molecular complexity index is 752. The lowest BCUT2D eigenvalue weighted by Crippen LogP contribution is -2.34. The van der Waals surface area contributed by atoms with Gasteiger partial charge in [0.15, 0.2) is 11.6 Å². The maximum atomic E-state index is 11.6. The predicted molar refractivity (Wildman–Crippen MR) is 95.4 cm³/mol. The van der Waals surface area contributed by atoms with Gasteiger partial charge < -0.3 is 15.0 Å². The molecule has 0 spiro atoms. The third-order valence-corrected chi connectivity index (χ3v) is 5.71. The van der Waals surface area contributed by atoms with Crippen LogP contribution in [0.1, 0.15) is 30.3 Å². The average molecular weight is 353 g/mol. The van der Waals surface area contributed by atoms with Crippen molar-refractivity contribution in [3.05, 3.63) is 54.1 Å². The molecule has 2 fully saturated rings. The number of hydrogen-bond donors (Lipinski definition) is 2. The van der Waals surface area contributed by atoms with Crippen LogP contribution >= 0.6 is 0 Å². The second-order valence-electron chi connectivity index (χ2n) is 7.65. The molecule has 0 radical (unpaired) electrons. The van der Waals surface area contributed by atoms with E-state index in [1.54, 1.807) is 0 Å². The third kappa shape index (κ3) is 3.34. The van der Waals surface area contributed by atoms with Gasteiger partial charge in [0.25, 0.3) is 0 Å². The minimum atomic E-state index is -0.658. The molecule has 1 unspecified atom stereocenters. The zero-order valence-electron chi connectivity index (χ0n) is 14.5. The minimum absolute atomic E-state index is 0.0114. The molecule has 6 heteroatoms. The Balaban J connectivity index is 1.42. The van der Waals surface area contributed by atoms with Crippen LogP contribution in [0.2, 0.25) is 0 Å². The van der Waals surface area contributed by atoms with Crippen molar-refractivity contribution in [1.29, 1.82) is 0 Å². The molecule has 2 heterocycles. The molecule has 1 aromatic carbocycles. The predicted octanol–water partition coefficient (Wildman–Crippen LogP) is 1.74. The highest BCUT2D eigenvalue weighted by Gasteiger charge is 2.49. The van der Waals surface area contributed by atoms with Crippen molar-refractivity contribution in [1.82, 2.24) is 14.9 Å². The Morgan fingerprint density at radius 1 is 1.15 bits per heavy atom. The molecule has 1 aromatic heterocycles. The first kappa shape index (κ1) is 17.1. The van der Waals surface area contributed by atoms with E-state index >= 15 is 0 Å². The molecular weight excluding hydrogens is 330 g/mol. The Labute approximate surface area is 152 Å². The molecule has 2 aliphatic rings. The van der Waals surface area contributed by atoms with Gasteiger partial charge in [0.2, 0.25) is 0 Å². The zero-order chi connectivity index (χ0) is 18.1. The summed E-state index contributed by atoms with van der Waals surface area (Å²) < 4.78 is 0. The topological polar surface area (TPSA) is 86.5 Å². The van der Waals surface area contributed by atoms with Gasteiger partial charge in [-0.15, -0.1) is 0 Å². The van der Waals surface area contributed by atoms with Crippen molar-refractivity contribution in [3.8, 4) is 5.75 Å². The van der Waals surface area contributed by atoms with Gasteiger partial charge in [0.05, 0.1) is 18.0 Å². The lowest BCUT2D eigenvalue weighted by molar-refractivity contribution is -0.112. The first-order chi connectivity index (χ1) is 12.6. The lowest BCUT2D eigenvalue weighted by atomic mass is 9.91. The highest BCUT2D eigenvalue weighted by atomic mass is 16.3. The van der Waals surface area contributed by atoms with Crippen LogP contribution in [-0.2, 0) is 11.2 Å². The standard InChI is InChI=1S/C20H23N3O3/c24-13-18(19-21-9-17(25)10-22-19)23-11-15-7-20(26,8-16(15)12-23)6-14-4-2-1-3-5-14/h1-5,9-10,13,15-16,18,25-26H,6-8,11-12H2/t15-,16+,18?,20+. The molecule has 0 bridgehead atoms. The normalized spacial score (nSPS) is 29.4. The number of rotatable bonds is 5. The SMILES string of the molecule is O=CC(c1ncc(O)cn1)N1C[C@@H]2C[C@](O)(Cc3ccccc3)C[C@@H]2C1. The number of aldehydes is 1. The number of benzene rings is 1. The molecule has 2 aromatic rings. The fourth-order valence-corrected chi connectivity index (χ4v) is 4.64. The van der Waals surface area contributed by atoms with Crippen LogP contribution in [0.15, 0.2) is 42.7 Å². The Kier molecular flexibility index (Phi) is 4.46. The summed E-state index contributed by atoms with van der Waals surface area (Å²) in [4.78, 5) is 21.9. The number of fused-ring (bicyclic) bond motifs is 1. The summed E-state index contributed by atoms with van der Waals surface area (Å²) in [5, 5.41) is 20.4. The van der Waals surface area contributed by atoms with Gasteiger partial charge in [0, 0.05) is 19.5 Å². The number of likely N-dealkylation sites (tertiary alicyclic amines) is 1. The van der Waals surface area contributed by atoms with Crippen LogP contribution in [0, 0.1) is 11.8 Å². The maximum absolute atomic E-state index is 11.6. The molecule has 2 N–H and O–H groups in total. The second-order valence-corrected chi connectivity index (χ2v) is 7.65. The highest BCUT2D eigenvalue weighted by Crippen LogP contribution is 2.46.